The molecule has 1 atom stereocenters. The van der Waals surface area contributed by atoms with Gasteiger partial charge in [-0.1, -0.05) is 24.3 Å². The van der Waals surface area contributed by atoms with E-state index in [1.807, 2.05) is 25.1 Å². The second-order valence-corrected chi connectivity index (χ2v) is 5.22. The minimum Gasteiger partial charge on any atom is -0.399 e. The second-order valence-electron chi connectivity index (χ2n) is 5.22. The molecule has 0 aliphatic carbocycles. The number of benzene rings is 2. The molecule has 2 aromatic carbocycles. The van der Waals surface area contributed by atoms with Crippen molar-refractivity contribution < 1.29 is 9.18 Å². The summed E-state index contributed by atoms with van der Waals surface area (Å²) in [5.74, 6) is -0.376. The molecule has 0 fully saturated rings. The van der Waals surface area contributed by atoms with Crippen LogP contribution in [0.15, 0.2) is 42.5 Å². The Kier molecular flexibility index (Phi) is 4.58. The van der Waals surface area contributed by atoms with Gasteiger partial charge >= 0.3 is 0 Å². The normalized spacial score (nSPS) is 12.0. The number of carbonyl (C=O) groups is 1. The van der Waals surface area contributed by atoms with Crippen molar-refractivity contribution in [1.29, 1.82) is 0 Å². The maximum atomic E-state index is 13.5. The van der Waals surface area contributed by atoms with Crippen LogP contribution in [0, 0.1) is 12.7 Å². The van der Waals surface area contributed by atoms with Gasteiger partial charge in [0.1, 0.15) is 5.82 Å². The Bertz CT molecular complexity index is 655. The molecule has 0 radical (unpaired) electrons. The van der Waals surface area contributed by atoms with Crippen molar-refractivity contribution in [2.45, 2.75) is 26.3 Å². The van der Waals surface area contributed by atoms with Crippen molar-refractivity contribution in [3.05, 3.63) is 65.0 Å². The van der Waals surface area contributed by atoms with Crippen molar-refractivity contribution in [1.82, 2.24) is 5.32 Å². The first-order valence-corrected chi connectivity index (χ1v) is 6.85. The van der Waals surface area contributed by atoms with Crippen LogP contribution in [0.2, 0.25) is 0 Å². The molecule has 0 aliphatic heterocycles. The topological polar surface area (TPSA) is 55.1 Å². The first kappa shape index (κ1) is 15.0. The quantitative estimate of drug-likeness (QED) is 0.848. The molecule has 4 heteroatoms. The van der Waals surface area contributed by atoms with Gasteiger partial charge in [0.2, 0.25) is 5.91 Å². The summed E-state index contributed by atoms with van der Waals surface area (Å²) in [7, 11) is 0. The summed E-state index contributed by atoms with van der Waals surface area (Å²) in [4.78, 5) is 12.0. The fourth-order valence-electron chi connectivity index (χ4n) is 2.14. The highest BCUT2D eigenvalue weighted by atomic mass is 19.1. The number of anilines is 1. The Hall–Kier alpha value is -2.36. The summed E-state index contributed by atoms with van der Waals surface area (Å²) in [6, 6.07) is 12.0. The lowest BCUT2D eigenvalue weighted by molar-refractivity contribution is -0.121. The lowest BCUT2D eigenvalue weighted by Crippen LogP contribution is -2.28. The van der Waals surface area contributed by atoms with Gasteiger partial charge in [0.15, 0.2) is 0 Å². The lowest BCUT2D eigenvalue weighted by Gasteiger charge is -2.15. The molecule has 1 unspecified atom stereocenters. The lowest BCUT2D eigenvalue weighted by atomic mass is 10.1. The molecule has 21 heavy (non-hydrogen) atoms. The largest absolute Gasteiger partial charge is 0.399 e. The molecule has 3 nitrogen and oxygen atoms in total. The Labute approximate surface area is 124 Å². The minimum atomic E-state index is -0.260. The summed E-state index contributed by atoms with van der Waals surface area (Å²) < 4.78 is 13.5. The molecule has 0 saturated carbocycles. The molecule has 2 rings (SSSR count). The van der Waals surface area contributed by atoms with Gasteiger partial charge in [-0.15, -0.1) is 0 Å². The third-order valence-corrected chi connectivity index (χ3v) is 3.39. The fraction of sp³-hybridized carbons (Fsp3) is 0.235. The zero-order chi connectivity index (χ0) is 15.4. The molecule has 1 amide bonds. The first-order valence-electron chi connectivity index (χ1n) is 6.85. The highest BCUT2D eigenvalue weighted by Gasteiger charge is 2.11. The summed E-state index contributed by atoms with van der Waals surface area (Å²) in [5.41, 5.74) is 8.52. The number of halogens is 1. The summed E-state index contributed by atoms with van der Waals surface area (Å²) in [6.45, 7) is 3.55. The number of rotatable bonds is 4. The van der Waals surface area contributed by atoms with E-state index in [4.69, 9.17) is 5.73 Å². The zero-order valence-corrected chi connectivity index (χ0v) is 12.2. The summed E-state index contributed by atoms with van der Waals surface area (Å²) in [6.07, 6.45) is 0.254. The van der Waals surface area contributed by atoms with Crippen molar-refractivity contribution in [3.63, 3.8) is 0 Å². The molecular formula is C17H19FN2O. The number of nitrogens with one attached hydrogen (secondary N) is 1. The van der Waals surface area contributed by atoms with Gasteiger partial charge in [-0.3, -0.25) is 4.79 Å². The van der Waals surface area contributed by atoms with E-state index in [1.54, 1.807) is 25.1 Å². The molecule has 0 aliphatic rings. The van der Waals surface area contributed by atoms with E-state index >= 15 is 0 Å². The smallest absolute Gasteiger partial charge is 0.224 e. The van der Waals surface area contributed by atoms with Gasteiger partial charge in [-0.2, -0.15) is 0 Å². The zero-order valence-electron chi connectivity index (χ0n) is 12.2. The molecular weight excluding hydrogens is 267 g/mol. The maximum Gasteiger partial charge on any atom is 0.224 e. The van der Waals surface area contributed by atoms with Crippen LogP contribution in [-0.2, 0) is 11.2 Å². The maximum absolute atomic E-state index is 13.5. The number of nitrogen functional groups attached to an aromatic ring is 1. The van der Waals surface area contributed by atoms with Crippen LogP contribution >= 0.6 is 0 Å². The van der Waals surface area contributed by atoms with Gasteiger partial charge in [-0.25, -0.2) is 4.39 Å². The van der Waals surface area contributed by atoms with Gasteiger partial charge in [0, 0.05) is 5.69 Å². The Morgan fingerprint density at radius 1 is 1.29 bits per heavy atom. The molecule has 0 aromatic heterocycles. The van der Waals surface area contributed by atoms with Gasteiger partial charge in [0.05, 0.1) is 12.5 Å². The SMILES string of the molecule is Cc1ccc(C(C)NC(=O)Cc2cccc(N)c2)cc1F. The molecule has 0 spiro atoms. The van der Waals surface area contributed by atoms with Gasteiger partial charge in [-0.05, 0) is 48.7 Å². The Morgan fingerprint density at radius 3 is 2.71 bits per heavy atom. The molecule has 110 valence electrons. The number of hydrogen-bond acceptors (Lipinski definition) is 2. The van der Waals surface area contributed by atoms with Gasteiger partial charge < -0.3 is 11.1 Å². The predicted octanol–water partition coefficient (Wildman–Crippen LogP) is 3.14. The monoisotopic (exact) mass is 286 g/mol. The number of aryl methyl sites for hydroxylation is 1. The van der Waals surface area contributed by atoms with Crippen LogP contribution in [0.4, 0.5) is 10.1 Å². The summed E-state index contributed by atoms with van der Waals surface area (Å²) >= 11 is 0. The van der Waals surface area contributed by atoms with Crippen LogP contribution in [0.3, 0.4) is 0 Å². The molecule has 3 N–H and O–H groups in total. The number of nitrogens with two attached hydrogens (primary N) is 1. The molecule has 0 bridgehead atoms. The standard InChI is InChI=1S/C17H19FN2O/c1-11-6-7-14(10-16(11)18)12(2)20-17(21)9-13-4-3-5-15(19)8-13/h3-8,10,12H,9,19H2,1-2H3,(H,20,21). The van der Waals surface area contributed by atoms with E-state index in [2.05, 4.69) is 5.32 Å². The van der Waals surface area contributed by atoms with Crippen molar-refractivity contribution >= 4 is 11.6 Å². The van der Waals surface area contributed by atoms with E-state index in [-0.39, 0.29) is 24.2 Å². The van der Waals surface area contributed by atoms with Crippen LogP contribution in [0.5, 0.6) is 0 Å². The van der Waals surface area contributed by atoms with E-state index in [1.165, 1.54) is 6.07 Å². The molecule has 2 aromatic rings. The Balaban J connectivity index is 2.00. The van der Waals surface area contributed by atoms with Crippen molar-refractivity contribution in [2.24, 2.45) is 0 Å². The third kappa shape index (κ3) is 4.05. The van der Waals surface area contributed by atoms with E-state index in [0.29, 0.717) is 11.3 Å². The Morgan fingerprint density at radius 2 is 2.05 bits per heavy atom. The summed E-state index contributed by atoms with van der Waals surface area (Å²) in [5, 5.41) is 2.86. The average Bonchev–Trinajstić information content (AvgIpc) is 2.41. The van der Waals surface area contributed by atoms with Crippen LogP contribution < -0.4 is 11.1 Å². The predicted molar refractivity (Wildman–Crippen MR) is 82.3 cm³/mol. The second kappa shape index (κ2) is 6.39. The highest BCUT2D eigenvalue weighted by Crippen LogP contribution is 2.16. The van der Waals surface area contributed by atoms with E-state index in [0.717, 1.165) is 11.1 Å². The number of hydrogen-bond donors (Lipinski definition) is 2. The minimum absolute atomic E-state index is 0.117. The van der Waals surface area contributed by atoms with Crippen molar-refractivity contribution in [2.75, 3.05) is 5.73 Å². The van der Waals surface area contributed by atoms with Gasteiger partial charge in [0.25, 0.3) is 0 Å². The third-order valence-electron chi connectivity index (χ3n) is 3.39. The van der Waals surface area contributed by atoms with Crippen molar-refractivity contribution in [3.8, 4) is 0 Å². The number of amides is 1. The van der Waals surface area contributed by atoms with Crippen LogP contribution in [-0.4, -0.2) is 5.91 Å². The van der Waals surface area contributed by atoms with Crippen LogP contribution in [0.25, 0.3) is 0 Å². The van der Waals surface area contributed by atoms with E-state index < -0.39 is 0 Å². The van der Waals surface area contributed by atoms with Crippen LogP contribution in [0.1, 0.15) is 29.7 Å². The fourth-order valence-corrected chi connectivity index (χ4v) is 2.14. The molecule has 0 heterocycles. The number of carbonyl (C=O) groups excluding carboxylic acids is 1. The first-order chi connectivity index (χ1) is 9.95. The van der Waals surface area contributed by atoms with E-state index in [9.17, 15) is 9.18 Å². The molecule has 0 saturated heterocycles. The average molecular weight is 286 g/mol. The highest BCUT2D eigenvalue weighted by molar-refractivity contribution is 5.79.